The van der Waals surface area contributed by atoms with Gasteiger partial charge >= 0.3 is 0 Å². The number of hydrogen-bond acceptors (Lipinski definition) is 2. The summed E-state index contributed by atoms with van der Waals surface area (Å²) in [6, 6.07) is 5.52. The Balaban J connectivity index is 2.11. The largest absolute Gasteiger partial charge is 0.260 e. The second-order valence-corrected chi connectivity index (χ2v) is 5.45. The van der Waals surface area contributed by atoms with Gasteiger partial charge < -0.3 is 0 Å². The molecule has 18 heavy (non-hydrogen) atoms. The number of allylic oxidation sites excluding steroid dienone is 1. The van der Waals surface area contributed by atoms with Crippen LogP contribution in [0.3, 0.4) is 0 Å². The van der Waals surface area contributed by atoms with E-state index in [1.165, 1.54) is 0 Å². The molecule has 1 aliphatic carbocycles. The molecule has 98 valence electrons. The van der Waals surface area contributed by atoms with Crippen LogP contribution < -0.4 is 4.72 Å². The highest BCUT2D eigenvalue weighted by Crippen LogP contribution is 2.44. The molecule has 0 unspecified atom stereocenters. The number of nitrogens with one attached hydrogen (secondary N) is 1. The van der Waals surface area contributed by atoms with E-state index in [1.807, 2.05) is 25.1 Å². The summed E-state index contributed by atoms with van der Waals surface area (Å²) in [6.07, 6.45) is 5.16. The average Bonchev–Trinajstić information content (AvgIpc) is 2.33. The molecule has 0 spiro atoms. The number of rotatable bonds is 5. The summed E-state index contributed by atoms with van der Waals surface area (Å²) in [5, 5.41) is 0. The maximum atomic E-state index is 13.9. The third kappa shape index (κ3) is 2.78. The topological polar surface area (TPSA) is 12.0 Å². The van der Waals surface area contributed by atoms with Gasteiger partial charge in [-0.05, 0) is 55.2 Å². The van der Waals surface area contributed by atoms with E-state index in [0.717, 1.165) is 30.4 Å². The lowest BCUT2D eigenvalue weighted by Crippen LogP contribution is -2.22. The molecule has 1 N–H and O–H groups in total. The van der Waals surface area contributed by atoms with Crippen LogP contribution in [0.25, 0.3) is 0 Å². The molecule has 0 saturated heterocycles. The van der Waals surface area contributed by atoms with E-state index in [4.69, 9.17) is 0 Å². The van der Waals surface area contributed by atoms with Gasteiger partial charge in [0.1, 0.15) is 5.82 Å². The summed E-state index contributed by atoms with van der Waals surface area (Å²) in [6.45, 7) is 5.77. The molecule has 1 nitrogen and oxygen atoms in total. The third-order valence-electron chi connectivity index (χ3n) is 3.89. The van der Waals surface area contributed by atoms with E-state index in [9.17, 15) is 4.39 Å². The molecular weight excluding hydrogens is 245 g/mol. The van der Waals surface area contributed by atoms with Crippen LogP contribution in [0.1, 0.15) is 49.3 Å². The molecular formula is C15H20FNS. The SMILES string of the molecule is C=CCC1CC(c2cc([C@H](C)NS)ccc2F)C1. The van der Waals surface area contributed by atoms with Crippen molar-refractivity contribution in [1.82, 2.24) is 4.72 Å². The minimum absolute atomic E-state index is 0.0767. The van der Waals surface area contributed by atoms with E-state index in [0.29, 0.717) is 11.8 Å². The second-order valence-electron chi connectivity index (χ2n) is 5.19. The zero-order valence-electron chi connectivity index (χ0n) is 10.7. The van der Waals surface area contributed by atoms with Gasteiger partial charge in [-0.2, -0.15) is 0 Å². The number of thiol groups is 1. The lowest BCUT2D eigenvalue weighted by atomic mass is 9.70. The minimum Gasteiger partial charge on any atom is -0.260 e. The van der Waals surface area contributed by atoms with E-state index >= 15 is 0 Å². The van der Waals surface area contributed by atoms with Gasteiger partial charge in [0.15, 0.2) is 0 Å². The first-order valence-electron chi connectivity index (χ1n) is 6.45. The minimum atomic E-state index is -0.0767. The molecule has 0 heterocycles. The molecule has 1 aromatic carbocycles. The van der Waals surface area contributed by atoms with Gasteiger partial charge in [-0.15, -0.1) is 6.58 Å². The van der Waals surface area contributed by atoms with E-state index in [-0.39, 0.29) is 11.9 Å². The van der Waals surface area contributed by atoms with Crippen molar-refractivity contribution in [3.8, 4) is 0 Å². The van der Waals surface area contributed by atoms with Crippen LogP contribution in [-0.2, 0) is 0 Å². The summed E-state index contributed by atoms with van der Waals surface area (Å²) >= 11 is 4.06. The lowest BCUT2D eigenvalue weighted by molar-refractivity contribution is 0.261. The standard InChI is InChI=1S/C15H20FNS/c1-3-4-11-7-13(8-11)14-9-12(10(2)17-18)5-6-15(14)16/h3,5-6,9-11,13,17-18H,1,4,7-8H2,2H3/t10-,11?,13?/m0/s1. The molecule has 1 saturated carbocycles. The van der Waals surface area contributed by atoms with Crippen molar-refractivity contribution in [2.45, 2.75) is 38.1 Å². The normalized spacial score (nSPS) is 24.4. The molecule has 3 heteroatoms. The van der Waals surface area contributed by atoms with E-state index in [2.05, 4.69) is 24.1 Å². The molecule has 1 fully saturated rings. The molecule has 0 aliphatic heterocycles. The van der Waals surface area contributed by atoms with Gasteiger partial charge in [-0.3, -0.25) is 4.72 Å². The molecule has 2 rings (SSSR count). The highest BCUT2D eigenvalue weighted by Gasteiger charge is 2.31. The van der Waals surface area contributed by atoms with Gasteiger partial charge in [0, 0.05) is 6.04 Å². The Morgan fingerprint density at radius 3 is 2.89 bits per heavy atom. The van der Waals surface area contributed by atoms with Crippen LogP contribution in [0.15, 0.2) is 30.9 Å². The van der Waals surface area contributed by atoms with Gasteiger partial charge in [0.25, 0.3) is 0 Å². The van der Waals surface area contributed by atoms with Crippen molar-refractivity contribution in [1.29, 1.82) is 0 Å². The Bertz CT molecular complexity index is 427. The molecule has 0 bridgehead atoms. The first kappa shape index (κ1) is 13.6. The molecule has 1 atom stereocenters. The maximum Gasteiger partial charge on any atom is 0.126 e. The highest BCUT2D eigenvalue weighted by atomic mass is 32.1. The van der Waals surface area contributed by atoms with Crippen LogP contribution in [0.4, 0.5) is 4.39 Å². The van der Waals surface area contributed by atoms with E-state index in [1.54, 1.807) is 6.07 Å². The molecule has 0 radical (unpaired) electrons. The summed E-state index contributed by atoms with van der Waals surface area (Å²) in [5.41, 5.74) is 1.96. The van der Waals surface area contributed by atoms with Crippen LogP contribution >= 0.6 is 12.8 Å². The highest BCUT2D eigenvalue weighted by molar-refractivity contribution is 7.78. The predicted octanol–water partition coefficient (Wildman–Crippen LogP) is 4.39. The Hall–Kier alpha value is -0.800. The fourth-order valence-electron chi connectivity index (χ4n) is 2.64. The van der Waals surface area contributed by atoms with Crippen molar-refractivity contribution < 1.29 is 4.39 Å². The van der Waals surface area contributed by atoms with Gasteiger partial charge in [-0.25, -0.2) is 4.39 Å². The fraction of sp³-hybridized carbons (Fsp3) is 0.467. The van der Waals surface area contributed by atoms with Gasteiger partial charge in [0.05, 0.1) is 0 Å². The van der Waals surface area contributed by atoms with Crippen molar-refractivity contribution in [3.63, 3.8) is 0 Å². The van der Waals surface area contributed by atoms with Crippen molar-refractivity contribution in [2.75, 3.05) is 0 Å². The number of halogens is 1. The Kier molecular flexibility index (Phi) is 4.46. The first-order chi connectivity index (χ1) is 8.65. The van der Waals surface area contributed by atoms with Gasteiger partial charge in [-0.1, -0.05) is 31.0 Å². The van der Waals surface area contributed by atoms with Crippen molar-refractivity contribution in [2.24, 2.45) is 5.92 Å². The average molecular weight is 265 g/mol. The summed E-state index contributed by atoms with van der Waals surface area (Å²) in [5.74, 6) is 0.991. The Morgan fingerprint density at radius 2 is 2.28 bits per heavy atom. The van der Waals surface area contributed by atoms with Crippen LogP contribution in [0.5, 0.6) is 0 Å². The molecule has 1 aliphatic rings. The fourth-order valence-corrected chi connectivity index (χ4v) is 2.79. The van der Waals surface area contributed by atoms with Crippen LogP contribution in [-0.4, -0.2) is 0 Å². The quantitative estimate of drug-likeness (QED) is 0.594. The smallest absolute Gasteiger partial charge is 0.126 e. The van der Waals surface area contributed by atoms with Crippen LogP contribution in [0.2, 0.25) is 0 Å². The Morgan fingerprint density at radius 1 is 1.56 bits per heavy atom. The zero-order chi connectivity index (χ0) is 13.1. The first-order valence-corrected chi connectivity index (χ1v) is 6.90. The van der Waals surface area contributed by atoms with Gasteiger partial charge in [0.2, 0.25) is 0 Å². The Labute approximate surface area is 114 Å². The summed E-state index contributed by atoms with van der Waals surface area (Å²) < 4.78 is 16.8. The summed E-state index contributed by atoms with van der Waals surface area (Å²) in [4.78, 5) is 0. The maximum absolute atomic E-state index is 13.9. The van der Waals surface area contributed by atoms with Crippen LogP contribution in [0, 0.1) is 11.7 Å². The van der Waals surface area contributed by atoms with Crippen molar-refractivity contribution in [3.05, 3.63) is 47.8 Å². The predicted molar refractivity (Wildman–Crippen MR) is 77.2 cm³/mol. The monoisotopic (exact) mass is 265 g/mol. The molecule has 0 aromatic heterocycles. The van der Waals surface area contributed by atoms with Crippen molar-refractivity contribution >= 4 is 12.8 Å². The lowest BCUT2D eigenvalue weighted by Gasteiger charge is -2.35. The number of hydrogen-bond donors (Lipinski definition) is 2. The summed E-state index contributed by atoms with van der Waals surface area (Å²) in [7, 11) is 0. The van der Waals surface area contributed by atoms with E-state index < -0.39 is 0 Å². The third-order valence-corrected chi connectivity index (χ3v) is 4.28. The second kappa shape index (κ2) is 5.89. The number of benzene rings is 1. The molecule has 0 amide bonds. The zero-order valence-corrected chi connectivity index (χ0v) is 11.6. The molecule has 1 aromatic rings.